The molecule has 1 heterocycles. The summed E-state index contributed by atoms with van der Waals surface area (Å²) in [5, 5.41) is 9.99. The summed E-state index contributed by atoms with van der Waals surface area (Å²) < 4.78 is 12.4. The first-order chi connectivity index (χ1) is 13.7. The smallest absolute Gasteiger partial charge is 0.257 e. The highest BCUT2D eigenvalue weighted by Gasteiger charge is 2.20. The van der Waals surface area contributed by atoms with Gasteiger partial charge in [0, 0.05) is 0 Å². The Morgan fingerprint density at radius 3 is 2.10 bits per heavy atom. The Kier molecular flexibility index (Phi) is 5.64. The maximum Gasteiger partial charge on any atom is 0.257 e. The molecule has 0 atom stereocenters. The number of ether oxygens (including phenoxy) is 2. The minimum atomic E-state index is -0.361. The highest BCUT2D eigenvalue weighted by atomic mass is 16.5. The van der Waals surface area contributed by atoms with E-state index in [0.29, 0.717) is 23.6 Å². The zero-order chi connectivity index (χ0) is 21.2. The quantitative estimate of drug-likeness (QED) is 0.709. The lowest BCUT2D eigenvalue weighted by molar-refractivity contribution is 0.395. The molecule has 0 saturated heterocycles. The van der Waals surface area contributed by atoms with Gasteiger partial charge in [0.15, 0.2) is 5.82 Å². The molecule has 0 bridgehead atoms. The fourth-order valence-electron chi connectivity index (χ4n) is 3.20. The van der Waals surface area contributed by atoms with Crippen molar-refractivity contribution in [2.45, 2.75) is 32.7 Å². The van der Waals surface area contributed by atoms with Crippen LogP contribution in [0.1, 0.15) is 31.9 Å². The van der Waals surface area contributed by atoms with Crippen LogP contribution in [0.4, 0.5) is 0 Å². The molecule has 1 N–H and O–H groups in total. The Morgan fingerprint density at radius 1 is 1.00 bits per heavy atom. The third kappa shape index (κ3) is 4.26. The van der Waals surface area contributed by atoms with Crippen molar-refractivity contribution in [1.82, 2.24) is 9.55 Å². The summed E-state index contributed by atoms with van der Waals surface area (Å²) in [5.74, 6) is 0.929. The van der Waals surface area contributed by atoms with Gasteiger partial charge in [-0.1, -0.05) is 51.1 Å². The number of methoxy groups -OCH3 is 2. The van der Waals surface area contributed by atoms with Gasteiger partial charge >= 0.3 is 0 Å². The summed E-state index contributed by atoms with van der Waals surface area (Å²) in [6.07, 6.45) is 0. The fourth-order valence-corrected chi connectivity index (χ4v) is 3.20. The third-order valence-electron chi connectivity index (χ3n) is 4.81. The Bertz CT molecular complexity index is 1040. The highest BCUT2D eigenvalue weighted by Crippen LogP contribution is 2.37. The number of rotatable bonds is 5. The topological polar surface area (TPSA) is 73.6 Å². The fraction of sp³-hybridized carbons (Fsp3) is 0.304. The van der Waals surface area contributed by atoms with Crippen LogP contribution in [0.2, 0.25) is 0 Å². The Labute approximate surface area is 170 Å². The monoisotopic (exact) mass is 394 g/mol. The SMILES string of the molecule is COc1cccc(OC)c1-c1nc(O)cc(=O)n1Cc1ccc(C(C)(C)C)cc1. The Hall–Kier alpha value is -3.28. The number of aromatic hydroxyl groups is 1. The van der Waals surface area contributed by atoms with Crippen molar-refractivity contribution in [3.8, 4) is 28.8 Å². The molecule has 0 amide bonds. The van der Waals surface area contributed by atoms with E-state index in [4.69, 9.17) is 9.47 Å². The summed E-state index contributed by atoms with van der Waals surface area (Å²) in [4.78, 5) is 17.0. The third-order valence-corrected chi connectivity index (χ3v) is 4.81. The molecule has 0 fully saturated rings. The van der Waals surface area contributed by atoms with Crippen LogP contribution in [-0.4, -0.2) is 28.9 Å². The number of nitrogens with zero attached hydrogens (tertiary/aromatic N) is 2. The standard InChI is InChI=1S/C23H26N2O4/c1-23(2,3)16-11-9-15(10-12-16)14-25-20(27)13-19(26)24-22(25)21-17(28-4)7-6-8-18(21)29-5/h6-13,26H,14H2,1-5H3. The second-order valence-electron chi connectivity index (χ2n) is 7.85. The van der Waals surface area contributed by atoms with Gasteiger partial charge in [-0.25, -0.2) is 0 Å². The van der Waals surface area contributed by atoms with E-state index in [1.807, 2.05) is 12.1 Å². The average Bonchev–Trinajstić information content (AvgIpc) is 2.68. The number of hydrogen-bond acceptors (Lipinski definition) is 5. The van der Waals surface area contributed by atoms with E-state index in [-0.39, 0.29) is 22.7 Å². The summed E-state index contributed by atoms with van der Waals surface area (Å²) in [5.41, 5.74) is 2.36. The van der Waals surface area contributed by atoms with E-state index >= 15 is 0 Å². The molecule has 0 unspecified atom stereocenters. The summed E-state index contributed by atoms with van der Waals surface area (Å²) >= 11 is 0. The van der Waals surface area contributed by atoms with Crippen molar-refractivity contribution in [3.05, 3.63) is 70.0 Å². The van der Waals surface area contributed by atoms with E-state index in [1.165, 1.54) is 24.4 Å². The molecule has 1 aromatic heterocycles. The molecule has 6 heteroatoms. The Balaban J connectivity index is 2.14. The molecule has 3 rings (SSSR count). The molecule has 2 aromatic carbocycles. The molecule has 152 valence electrons. The minimum absolute atomic E-state index is 0.0470. The van der Waals surface area contributed by atoms with E-state index < -0.39 is 0 Å². The van der Waals surface area contributed by atoms with E-state index in [9.17, 15) is 9.90 Å². The van der Waals surface area contributed by atoms with Gasteiger partial charge in [-0.05, 0) is 28.7 Å². The van der Waals surface area contributed by atoms with Crippen LogP contribution in [0.3, 0.4) is 0 Å². The number of benzene rings is 2. The molecule has 6 nitrogen and oxygen atoms in total. The Morgan fingerprint density at radius 2 is 1.59 bits per heavy atom. The van der Waals surface area contributed by atoms with Crippen LogP contribution in [0, 0.1) is 0 Å². The number of aromatic nitrogens is 2. The lowest BCUT2D eigenvalue weighted by atomic mass is 9.87. The summed E-state index contributed by atoms with van der Waals surface area (Å²) in [6.45, 7) is 6.76. The predicted octanol–water partition coefficient (Wildman–Crippen LogP) is 3.98. The van der Waals surface area contributed by atoms with Crippen molar-refractivity contribution >= 4 is 0 Å². The summed E-state index contributed by atoms with van der Waals surface area (Å²) in [6, 6.07) is 14.6. The van der Waals surface area contributed by atoms with E-state index in [0.717, 1.165) is 11.6 Å². The molecule has 0 spiro atoms. The van der Waals surface area contributed by atoms with E-state index in [2.05, 4.69) is 37.9 Å². The van der Waals surface area contributed by atoms with Crippen molar-refractivity contribution in [2.75, 3.05) is 14.2 Å². The molecule has 0 aliphatic carbocycles. The first kappa shape index (κ1) is 20.5. The normalized spacial score (nSPS) is 11.3. The maximum absolute atomic E-state index is 12.7. The van der Waals surface area contributed by atoms with Crippen molar-refractivity contribution in [2.24, 2.45) is 0 Å². The van der Waals surface area contributed by atoms with Gasteiger partial charge in [0.2, 0.25) is 5.88 Å². The van der Waals surface area contributed by atoms with Gasteiger partial charge in [-0.3, -0.25) is 9.36 Å². The lowest BCUT2D eigenvalue weighted by Crippen LogP contribution is -2.23. The lowest BCUT2D eigenvalue weighted by Gasteiger charge is -2.20. The van der Waals surface area contributed by atoms with Crippen molar-refractivity contribution < 1.29 is 14.6 Å². The van der Waals surface area contributed by atoms with Crippen LogP contribution in [0.15, 0.2) is 53.3 Å². The van der Waals surface area contributed by atoms with Crippen LogP contribution in [-0.2, 0) is 12.0 Å². The van der Waals surface area contributed by atoms with Gasteiger partial charge in [-0.2, -0.15) is 4.98 Å². The molecule has 3 aromatic rings. The molecule has 29 heavy (non-hydrogen) atoms. The van der Waals surface area contributed by atoms with E-state index in [1.54, 1.807) is 18.2 Å². The molecule has 0 aliphatic heterocycles. The molecular weight excluding hydrogens is 368 g/mol. The zero-order valence-electron chi connectivity index (χ0n) is 17.4. The minimum Gasteiger partial charge on any atom is -0.496 e. The molecule has 0 saturated carbocycles. The van der Waals surface area contributed by atoms with Crippen LogP contribution in [0.5, 0.6) is 17.4 Å². The zero-order valence-corrected chi connectivity index (χ0v) is 17.4. The first-order valence-corrected chi connectivity index (χ1v) is 9.36. The molecule has 0 aliphatic rings. The average molecular weight is 394 g/mol. The molecule has 0 radical (unpaired) electrons. The van der Waals surface area contributed by atoms with Crippen LogP contribution in [0.25, 0.3) is 11.4 Å². The maximum atomic E-state index is 12.7. The van der Waals surface area contributed by atoms with Gasteiger partial charge in [0.05, 0.1) is 26.8 Å². The van der Waals surface area contributed by atoms with Gasteiger partial charge in [0.1, 0.15) is 17.1 Å². The second kappa shape index (κ2) is 7.99. The van der Waals surface area contributed by atoms with Gasteiger partial charge in [0.25, 0.3) is 5.56 Å². The molecular formula is C23H26N2O4. The van der Waals surface area contributed by atoms with Crippen LogP contribution < -0.4 is 15.0 Å². The first-order valence-electron chi connectivity index (χ1n) is 9.36. The summed E-state index contributed by atoms with van der Waals surface area (Å²) in [7, 11) is 3.07. The number of hydrogen-bond donors (Lipinski definition) is 1. The second-order valence-corrected chi connectivity index (χ2v) is 7.85. The van der Waals surface area contributed by atoms with Crippen molar-refractivity contribution in [3.63, 3.8) is 0 Å². The predicted molar refractivity (Wildman–Crippen MR) is 113 cm³/mol. The van der Waals surface area contributed by atoms with Gasteiger partial charge < -0.3 is 14.6 Å². The van der Waals surface area contributed by atoms with Crippen molar-refractivity contribution in [1.29, 1.82) is 0 Å². The largest absolute Gasteiger partial charge is 0.496 e. The van der Waals surface area contributed by atoms with Gasteiger partial charge in [-0.15, -0.1) is 0 Å². The highest BCUT2D eigenvalue weighted by molar-refractivity contribution is 5.72. The van der Waals surface area contributed by atoms with Crippen LogP contribution >= 0.6 is 0 Å².